The summed E-state index contributed by atoms with van der Waals surface area (Å²) >= 11 is 1.49. The first-order valence-electron chi connectivity index (χ1n) is 7.22. The zero-order valence-corrected chi connectivity index (χ0v) is 12.9. The molecule has 22 heavy (non-hydrogen) atoms. The van der Waals surface area contributed by atoms with Crippen LogP contribution in [0.3, 0.4) is 0 Å². The number of pyridine rings is 1. The second kappa shape index (κ2) is 5.24. The van der Waals surface area contributed by atoms with Crippen LogP contribution < -0.4 is 5.32 Å². The number of fused-ring (bicyclic) bond motifs is 1. The number of rotatable bonds is 2. The van der Waals surface area contributed by atoms with Gasteiger partial charge < -0.3 is 5.32 Å². The predicted octanol–water partition coefficient (Wildman–Crippen LogP) is 2.42. The van der Waals surface area contributed by atoms with E-state index < -0.39 is 0 Å². The van der Waals surface area contributed by atoms with Crippen molar-refractivity contribution in [2.45, 2.75) is 30.5 Å². The number of Topliss-reactive ketones (excluding diaryl/α,β-unsaturated/α-hetero) is 1. The molecule has 2 aliphatic rings. The van der Waals surface area contributed by atoms with Gasteiger partial charge in [-0.1, -0.05) is 17.8 Å². The third kappa shape index (κ3) is 2.04. The molecule has 1 aliphatic heterocycles. The molecule has 0 aromatic carbocycles. The van der Waals surface area contributed by atoms with Crippen LogP contribution in [0.2, 0.25) is 0 Å². The summed E-state index contributed by atoms with van der Waals surface area (Å²) in [6.07, 6.45) is 6.02. The Morgan fingerprint density at radius 2 is 2.27 bits per heavy atom. The lowest BCUT2D eigenvalue weighted by Crippen LogP contribution is -2.32. The Labute approximate surface area is 132 Å². The van der Waals surface area contributed by atoms with Gasteiger partial charge in [-0.05, 0) is 31.2 Å². The van der Waals surface area contributed by atoms with Crippen LogP contribution in [0.5, 0.6) is 0 Å². The number of anilines is 1. The Bertz CT molecular complexity index is 767. The van der Waals surface area contributed by atoms with Gasteiger partial charge in [-0.15, -0.1) is 5.10 Å². The smallest absolute Gasteiger partial charge is 0.227 e. The number of nitrogens with one attached hydrogen (secondary N) is 1. The molecule has 0 saturated heterocycles. The zero-order valence-electron chi connectivity index (χ0n) is 12.1. The van der Waals surface area contributed by atoms with Gasteiger partial charge in [0.15, 0.2) is 5.78 Å². The maximum absolute atomic E-state index is 12.5. The van der Waals surface area contributed by atoms with Gasteiger partial charge in [-0.2, -0.15) is 4.98 Å². The number of carbonyl (C=O) groups is 1. The van der Waals surface area contributed by atoms with Crippen molar-refractivity contribution in [2.75, 3.05) is 11.6 Å². The molecular weight excluding hydrogens is 298 g/mol. The molecule has 1 N–H and O–H groups in total. The lowest BCUT2D eigenvalue weighted by atomic mass is 9.87. The predicted molar refractivity (Wildman–Crippen MR) is 83.7 cm³/mol. The molecule has 1 aliphatic carbocycles. The van der Waals surface area contributed by atoms with E-state index in [9.17, 15) is 4.79 Å². The number of hydrogen-bond acceptors (Lipinski definition) is 6. The van der Waals surface area contributed by atoms with Gasteiger partial charge in [-0.3, -0.25) is 9.78 Å². The summed E-state index contributed by atoms with van der Waals surface area (Å²) in [5.41, 5.74) is 2.58. The maximum atomic E-state index is 12.5. The minimum Gasteiger partial charge on any atom is -0.328 e. The van der Waals surface area contributed by atoms with Crippen molar-refractivity contribution in [3.8, 4) is 0 Å². The highest BCUT2D eigenvalue weighted by molar-refractivity contribution is 7.98. The monoisotopic (exact) mass is 313 g/mol. The first-order valence-corrected chi connectivity index (χ1v) is 8.45. The van der Waals surface area contributed by atoms with Crippen LogP contribution in [-0.2, 0) is 4.79 Å². The van der Waals surface area contributed by atoms with E-state index in [-0.39, 0.29) is 11.8 Å². The molecule has 7 heteroatoms. The first kappa shape index (κ1) is 13.5. The fourth-order valence-electron chi connectivity index (χ4n) is 3.03. The molecule has 112 valence electrons. The molecule has 0 bridgehead atoms. The van der Waals surface area contributed by atoms with Crippen LogP contribution in [0, 0.1) is 0 Å². The molecule has 0 spiro atoms. The third-order valence-corrected chi connectivity index (χ3v) is 4.54. The fourth-order valence-corrected chi connectivity index (χ4v) is 3.38. The summed E-state index contributed by atoms with van der Waals surface area (Å²) in [7, 11) is 0. The Balaban J connectivity index is 1.92. The number of carbonyl (C=O) groups excluding carboxylic acids is 1. The Morgan fingerprint density at radius 3 is 3.05 bits per heavy atom. The van der Waals surface area contributed by atoms with E-state index in [0.29, 0.717) is 17.5 Å². The molecule has 0 amide bonds. The van der Waals surface area contributed by atoms with Crippen molar-refractivity contribution in [3.63, 3.8) is 0 Å². The van der Waals surface area contributed by atoms with E-state index in [1.54, 1.807) is 10.9 Å². The quantitative estimate of drug-likeness (QED) is 0.858. The Kier molecular flexibility index (Phi) is 3.22. The van der Waals surface area contributed by atoms with Crippen LogP contribution in [0.1, 0.15) is 31.0 Å². The minimum atomic E-state index is -0.284. The largest absolute Gasteiger partial charge is 0.328 e. The Hall–Kier alpha value is -2.15. The molecule has 0 saturated carbocycles. The standard InChI is InChI=1S/C15H15N5OS/c1-22-15-18-14-17-9-6-4-7-11(21)12(9)13(20(14)19-15)10-5-2-3-8-16-10/h2-3,5,8,13H,4,6-7H2,1H3,(H,17,18,19)/t13-/m0/s1. The van der Waals surface area contributed by atoms with Crippen LogP contribution in [0.25, 0.3) is 0 Å². The van der Waals surface area contributed by atoms with Crippen molar-refractivity contribution in [1.82, 2.24) is 19.7 Å². The van der Waals surface area contributed by atoms with Crippen LogP contribution in [0.4, 0.5) is 5.95 Å². The Morgan fingerprint density at radius 1 is 1.36 bits per heavy atom. The SMILES string of the molecule is CSc1nc2n(n1)[C@@H](c1ccccn1)C1=C(CCCC1=O)N2. The van der Waals surface area contributed by atoms with Gasteiger partial charge in [0.25, 0.3) is 0 Å². The fraction of sp³-hybridized carbons (Fsp3) is 0.333. The van der Waals surface area contributed by atoms with Crippen LogP contribution in [-0.4, -0.2) is 31.8 Å². The van der Waals surface area contributed by atoms with Crippen molar-refractivity contribution in [1.29, 1.82) is 0 Å². The molecule has 3 heterocycles. The summed E-state index contributed by atoms with van der Waals surface area (Å²) in [5, 5.41) is 8.51. The van der Waals surface area contributed by atoms with Crippen LogP contribution >= 0.6 is 11.8 Å². The van der Waals surface area contributed by atoms with Crippen molar-refractivity contribution in [3.05, 3.63) is 41.4 Å². The first-order chi connectivity index (χ1) is 10.8. The van der Waals surface area contributed by atoms with Gasteiger partial charge in [0.2, 0.25) is 11.1 Å². The lowest BCUT2D eigenvalue weighted by Gasteiger charge is -2.31. The van der Waals surface area contributed by atoms with Gasteiger partial charge >= 0.3 is 0 Å². The van der Waals surface area contributed by atoms with E-state index in [4.69, 9.17) is 0 Å². The van der Waals surface area contributed by atoms with Gasteiger partial charge in [0.05, 0.1) is 5.69 Å². The average Bonchev–Trinajstić information content (AvgIpc) is 2.96. The summed E-state index contributed by atoms with van der Waals surface area (Å²) in [6, 6.07) is 5.46. The van der Waals surface area contributed by atoms with Gasteiger partial charge in [-0.25, -0.2) is 4.68 Å². The van der Waals surface area contributed by atoms with E-state index in [1.165, 1.54) is 11.8 Å². The summed E-state index contributed by atoms with van der Waals surface area (Å²) < 4.78 is 1.79. The molecular formula is C15H15N5OS. The molecule has 0 fully saturated rings. The van der Waals surface area contributed by atoms with Crippen LogP contribution in [0.15, 0.2) is 40.8 Å². The molecule has 2 aromatic heterocycles. The highest BCUT2D eigenvalue weighted by Crippen LogP contribution is 2.39. The van der Waals surface area contributed by atoms with E-state index >= 15 is 0 Å². The van der Waals surface area contributed by atoms with Crippen molar-refractivity contribution >= 4 is 23.5 Å². The average molecular weight is 313 g/mol. The number of nitrogens with zero attached hydrogens (tertiary/aromatic N) is 4. The van der Waals surface area contributed by atoms with Crippen molar-refractivity contribution < 1.29 is 4.79 Å². The normalized spacial score (nSPS) is 20.4. The second-order valence-corrected chi connectivity index (χ2v) is 6.09. The molecule has 0 radical (unpaired) electrons. The summed E-state index contributed by atoms with van der Waals surface area (Å²) in [4.78, 5) is 21.4. The van der Waals surface area contributed by atoms with E-state index in [2.05, 4.69) is 20.4 Å². The highest BCUT2D eigenvalue weighted by Gasteiger charge is 2.37. The summed E-state index contributed by atoms with van der Waals surface area (Å²) in [5.74, 6) is 0.865. The van der Waals surface area contributed by atoms with E-state index in [1.807, 2.05) is 24.5 Å². The molecule has 2 aromatic rings. The highest BCUT2D eigenvalue weighted by atomic mass is 32.2. The zero-order chi connectivity index (χ0) is 15.1. The second-order valence-electron chi connectivity index (χ2n) is 5.32. The van der Waals surface area contributed by atoms with Crippen molar-refractivity contribution in [2.24, 2.45) is 0 Å². The molecule has 6 nitrogen and oxygen atoms in total. The molecule has 4 rings (SSSR count). The third-order valence-electron chi connectivity index (χ3n) is 4.00. The van der Waals surface area contributed by atoms with E-state index in [0.717, 1.165) is 29.8 Å². The lowest BCUT2D eigenvalue weighted by molar-refractivity contribution is -0.116. The number of ketones is 1. The van der Waals surface area contributed by atoms with Gasteiger partial charge in [0.1, 0.15) is 6.04 Å². The molecule has 1 atom stereocenters. The summed E-state index contributed by atoms with van der Waals surface area (Å²) in [6.45, 7) is 0. The minimum absolute atomic E-state index is 0.177. The molecule has 0 unspecified atom stereocenters. The topological polar surface area (TPSA) is 72.7 Å². The number of aromatic nitrogens is 4. The number of thioether (sulfide) groups is 1. The number of allylic oxidation sites excluding steroid dienone is 2. The number of hydrogen-bond donors (Lipinski definition) is 1. The van der Waals surface area contributed by atoms with Gasteiger partial charge in [0, 0.05) is 23.9 Å². The maximum Gasteiger partial charge on any atom is 0.227 e.